The van der Waals surface area contributed by atoms with E-state index in [1.807, 2.05) is 29.2 Å². The Bertz CT molecular complexity index is 866. The number of benzene rings is 1. The molecule has 0 radical (unpaired) electrons. The van der Waals surface area contributed by atoms with Crippen molar-refractivity contribution in [2.45, 2.75) is 46.7 Å². The minimum absolute atomic E-state index is 0.0648. The maximum Gasteiger partial charge on any atom is 0.227 e. The van der Waals surface area contributed by atoms with Crippen LogP contribution in [0.3, 0.4) is 0 Å². The van der Waals surface area contributed by atoms with Crippen molar-refractivity contribution in [2.24, 2.45) is 17.3 Å². The molecule has 5 nitrogen and oxygen atoms in total. The number of hydrogen-bond donors (Lipinski definition) is 0. The van der Waals surface area contributed by atoms with Gasteiger partial charge in [-0.1, -0.05) is 37.6 Å². The zero-order chi connectivity index (χ0) is 20.7. The Morgan fingerprint density at radius 2 is 1.89 bits per heavy atom. The van der Waals surface area contributed by atoms with Gasteiger partial charge in [0.05, 0.1) is 24.5 Å². The van der Waals surface area contributed by atoms with Crippen molar-refractivity contribution < 1.29 is 17.9 Å². The van der Waals surface area contributed by atoms with E-state index in [4.69, 9.17) is 4.74 Å². The third kappa shape index (κ3) is 4.27. The number of sulfone groups is 1. The zero-order valence-electron chi connectivity index (χ0n) is 17.4. The van der Waals surface area contributed by atoms with Crippen LogP contribution in [0.25, 0.3) is 0 Å². The number of ether oxygens (including phenoxy) is 1. The van der Waals surface area contributed by atoms with Crippen LogP contribution in [-0.4, -0.2) is 43.9 Å². The summed E-state index contributed by atoms with van der Waals surface area (Å²) in [5.41, 5.74) is 2.10. The van der Waals surface area contributed by atoms with Crippen LogP contribution in [0, 0.1) is 17.3 Å². The molecule has 1 aliphatic carbocycles. The Morgan fingerprint density at radius 1 is 1.25 bits per heavy atom. The molecule has 2 aliphatic rings. The molecule has 1 amide bonds. The molecule has 0 unspecified atom stereocenters. The van der Waals surface area contributed by atoms with E-state index >= 15 is 0 Å². The molecule has 3 rings (SSSR count). The van der Waals surface area contributed by atoms with Gasteiger partial charge in [0.1, 0.15) is 5.75 Å². The van der Waals surface area contributed by atoms with Crippen molar-refractivity contribution in [3.63, 3.8) is 0 Å². The van der Waals surface area contributed by atoms with Gasteiger partial charge >= 0.3 is 0 Å². The SMILES string of the molecule is COc1ccc(CN(C(=O)[C@@H]2[C@H](C=C(C)C)C2(C)C)[C@H]2CCS(=O)(=O)C2)cc1. The first-order valence-corrected chi connectivity index (χ1v) is 11.7. The van der Waals surface area contributed by atoms with Crippen molar-refractivity contribution in [3.05, 3.63) is 41.5 Å². The first-order chi connectivity index (χ1) is 13.0. The number of nitrogens with zero attached hydrogens (tertiary/aromatic N) is 1. The van der Waals surface area contributed by atoms with Gasteiger partial charge in [-0.15, -0.1) is 0 Å². The van der Waals surface area contributed by atoms with Crippen LogP contribution in [0.15, 0.2) is 35.9 Å². The van der Waals surface area contributed by atoms with Crippen LogP contribution >= 0.6 is 0 Å². The van der Waals surface area contributed by atoms with Gasteiger partial charge in [-0.2, -0.15) is 0 Å². The largest absolute Gasteiger partial charge is 0.497 e. The normalized spacial score (nSPS) is 27.1. The fourth-order valence-corrected chi connectivity index (χ4v) is 6.06. The molecule has 28 heavy (non-hydrogen) atoms. The lowest BCUT2D eigenvalue weighted by Crippen LogP contribution is -2.42. The van der Waals surface area contributed by atoms with Gasteiger partial charge in [0.15, 0.2) is 9.84 Å². The number of hydrogen-bond acceptors (Lipinski definition) is 4. The van der Waals surface area contributed by atoms with E-state index in [2.05, 4.69) is 33.8 Å². The molecule has 3 atom stereocenters. The summed E-state index contributed by atoms with van der Waals surface area (Å²) in [4.78, 5) is 15.3. The fraction of sp³-hybridized carbons (Fsp3) is 0.591. The molecule has 1 saturated carbocycles. The van der Waals surface area contributed by atoms with Crippen LogP contribution < -0.4 is 4.74 Å². The van der Waals surface area contributed by atoms with Crippen LogP contribution in [0.2, 0.25) is 0 Å². The summed E-state index contributed by atoms with van der Waals surface area (Å²) in [5.74, 6) is 1.18. The van der Waals surface area contributed by atoms with Crippen molar-refractivity contribution in [1.29, 1.82) is 0 Å². The van der Waals surface area contributed by atoms with Gasteiger partial charge in [-0.25, -0.2) is 8.42 Å². The number of amides is 1. The molecule has 1 heterocycles. The summed E-state index contributed by atoms with van der Waals surface area (Å²) in [5, 5.41) is 0. The zero-order valence-corrected chi connectivity index (χ0v) is 18.3. The number of allylic oxidation sites excluding steroid dienone is 2. The molecule has 0 bridgehead atoms. The molecule has 1 saturated heterocycles. The van der Waals surface area contributed by atoms with Crippen molar-refractivity contribution in [2.75, 3.05) is 18.6 Å². The van der Waals surface area contributed by atoms with Gasteiger partial charge in [0.25, 0.3) is 0 Å². The van der Waals surface area contributed by atoms with Crippen LogP contribution in [0.5, 0.6) is 5.75 Å². The highest BCUT2D eigenvalue weighted by Crippen LogP contribution is 2.60. The molecule has 1 aromatic carbocycles. The molecule has 6 heteroatoms. The Morgan fingerprint density at radius 3 is 2.39 bits per heavy atom. The fourth-order valence-electron chi connectivity index (χ4n) is 4.33. The number of methoxy groups -OCH3 is 1. The molecule has 1 aliphatic heterocycles. The van der Waals surface area contributed by atoms with E-state index < -0.39 is 9.84 Å². The summed E-state index contributed by atoms with van der Waals surface area (Å²) >= 11 is 0. The van der Waals surface area contributed by atoms with Gasteiger partial charge in [-0.3, -0.25) is 4.79 Å². The molecular formula is C22H31NO4S. The monoisotopic (exact) mass is 405 g/mol. The standard InChI is InChI=1S/C22H31NO4S/c1-15(2)12-19-20(22(19,3)4)21(24)23(17-10-11-28(25,26)14-17)13-16-6-8-18(27-5)9-7-16/h6-9,12,17,19-20H,10-11,13-14H2,1-5H3/t17-,19-,20-/m0/s1. The smallest absolute Gasteiger partial charge is 0.227 e. The van der Waals surface area contributed by atoms with E-state index in [9.17, 15) is 13.2 Å². The quantitative estimate of drug-likeness (QED) is 0.680. The van der Waals surface area contributed by atoms with Gasteiger partial charge in [0.2, 0.25) is 5.91 Å². The highest BCUT2D eigenvalue weighted by molar-refractivity contribution is 7.91. The first-order valence-electron chi connectivity index (χ1n) is 9.84. The minimum atomic E-state index is -3.07. The van der Waals surface area contributed by atoms with Crippen LogP contribution in [0.4, 0.5) is 0 Å². The maximum atomic E-state index is 13.5. The number of carbonyl (C=O) groups is 1. The van der Waals surface area contributed by atoms with E-state index in [0.717, 1.165) is 11.3 Å². The molecule has 0 N–H and O–H groups in total. The summed E-state index contributed by atoms with van der Waals surface area (Å²) in [6.07, 6.45) is 2.70. The Labute approximate surface area is 168 Å². The molecule has 0 spiro atoms. The molecular weight excluding hydrogens is 374 g/mol. The van der Waals surface area contributed by atoms with E-state index in [-0.39, 0.29) is 40.7 Å². The highest BCUT2D eigenvalue weighted by Gasteiger charge is 2.61. The van der Waals surface area contributed by atoms with Crippen molar-refractivity contribution >= 4 is 15.7 Å². The summed E-state index contributed by atoms with van der Waals surface area (Å²) < 4.78 is 29.3. The Hall–Kier alpha value is -1.82. The Balaban J connectivity index is 1.86. The molecule has 1 aromatic rings. The van der Waals surface area contributed by atoms with Gasteiger partial charge < -0.3 is 9.64 Å². The average Bonchev–Trinajstić information content (AvgIpc) is 2.95. The summed E-state index contributed by atoms with van der Waals surface area (Å²) in [6.45, 7) is 8.77. The second-order valence-corrected chi connectivity index (χ2v) is 11.2. The molecule has 2 fully saturated rings. The van der Waals surface area contributed by atoms with E-state index in [1.165, 1.54) is 5.57 Å². The second-order valence-electron chi connectivity index (χ2n) is 8.94. The van der Waals surface area contributed by atoms with Crippen LogP contribution in [0.1, 0.15) is 39.7 Å². The predicted octanol–water partition coefficient (Wildman–Crippen LogP) is 3.45. The topological polar surface area (TPSA) is 63.7 Å². The lowest BCUT2D eigenvalue weighted by atomic mass is 10.1. The molecule has 0 aromatic heterocycles. The minimum Gasteiger partial charge on any atom is -0.497 e. The van der Waals surface area contributed by atoms with E-state index in [0.29, 0.717) is 13.0 Å². The van der Waals surface area contributed by atoms with Crippen LogP contribution in [-0.2, 0) is 21.2 Å². The van der Waals surface area contributed by atoms with Gasteiger partial charge in [-0.05, 0) is 49.3 Å². The maximum absolute atomic E-state index is 13.5. The lowest BCUT2D eigenvalue weighted by molar-refractivity contribution is -0.136. The predicted molar refractivity (Wildman–Crippen MR) is 111 cm³/mol. The third-order valence-corrected chi connectivity index (χ3v) is 7.88. The van der Waals surface area contributed by atoms with Crippen molar-refractivity contribution in [1.82, 2.24) is 4.90 Å². The lowest BCUT2D eigenvalue weighted by Gasteiger charge is -2.29. The summed E-state index contributed by atoms with van der Waals surface area (Å²) in [7, 11) is -1.45. The summed E-state index contributed by atoms with van der Waals surface area (Å²) in [6, 6.07) is 7.37. The van der Waals surface area contributed by atoms with Gasteiger partial charge in [0, 0.05) is 12.6 Å². The Kier molecular flexibility index (Phi) is 5.63. The third-order valence-electron chi connectivity index (χ3n) is 6.13. The number of rotatable bonds is 6. The second kappa shape index (κ2) is 7.54. The van der Waals surface area contributed by atoms with E-state index in [1.54, 1.807) is 7.11 Å². The highest BCUT2D eigenvalue weighted by atomic mass is 32.2. The molecule has 154 valence electrons. The average molecular weight is 406 g/mol. The first kappa shape index (κ1) is 20.9. The number of carbonyl (C=O) groups excluding carboxylic acids is 1. The van der Waals surface area contributed by atoms with Crippen molar-refractivity contribution in [3.8, 4) is 5.75 Å².